The van der Waals surface area contributed by atoms with Gasteiger partial charge in [0.25, 0.3) is 0 Å². The molecule has 3 rings (SSSR count). The predicted molar refractivity (Wildman–Crippen MR) is 77.9 cm³/mol. The van der Waals surface area contributed by atoms with E-state index >= 15 is 0 Å². The minimum Gasteiger partial charge on any atom is -0.341 e. The monoisotopic (exact) mass is 267 g/mol. The highest BCUT2D eigenvalue weighted by Crippen LogP contribution is 2.19. The zero-order valence-corrected chi connectivity index (χ0v) is 11.3. The fourth-order valence-electron chi connectivity index (χ4n) is 2.20. The van der Waals surface area contributed by atoms with E-state index in [9.17, 15) is 0 Å². The lowest BCUT2D eigenvalue weighted by Crippen LogP contribution is -2.14. The van der Waals surface area contributed by atoms with E-state index in [1.807, 2.05) is 31.4 Å². The number of imidazole rings is 1. The van der Waals surface area contributed by atoms with Gasteiger partial charge in [-0.15, -0.1) is 0 Å². The van der Waals surface area contributed by atoms with Crippen LogP contribution in [0.3, 0.4) is 0 Å². The topological polar surface area (TPSA) is 72.5 Å². The van der Waals surface area contributed by atoms with E-state index in [-0.39, 0.29) is 6.04 Å². The molecule has 0 aliphatic rings. The van der Waals surface area contributed by atoms with E-state index in [1.54, 1.807) is 17.1 Å². The molecule has 0 saturated carbocycles. The first-order chi connectivity index (χ1) is 9.72. The van der Waals surface area contributed by atoms with Gasteiger partial charge in [-0.1, -0.05) is 30.3 Å². The number of rotatable bonds is 4. The Bertz CT molecular complexity index is 683. The molecule has 0 spiro atoms. The molecular weight excluding hydrogens is 250 g/mol. The van der Waals surface area contributed by atoms with Crippen LogP contribution in [0.25, 0.3) is 11.3 Å². The Labute approximate surface area is 117 Å². The van der Waals surface area contributed by atoms with Gasteiger partial charge < -0.3 is 10.7 Å². The second kappa shape index (κ2) is 5.30. The summed E-state index contributed by atoms with van der Waals surface area (Å²) in [5.74, 6) is 0.799. The van der Waals surface area contributed by atoms with E-state index in [2.05, 4.69) is 27.2 Å². The van der Waals surface area contributed by atoms with Crippen molar-refractivity contribution < 1.29 is 0 Å². The Morgan fingerprint density at radius 1 is 1.25 bits per heavy atom. The molecule has 1 atom stereocenters. The van der Waals surface area contributed by atoms with Gasteiger partial charge in [0.2, 0.25) is 0 Å². The van der Waals surface area contributed by atoms with Crippen LogP contribution in [0.4, 0.5) is 0 Å². The molecule has 1 unspecified atom stereocenters. The molecule has 0 aliphatic carbocycles. The fraction of sp³-hybridized carbons (Fsp3) is 0.200. The molecule has 0 bridgehead atoms. The summed E-state index contributed by atoms with van der Waals surface area (Å²) in [6.45, 7) is 0. The minimum absolute atomic E-state index is 0.136. The Hall–Kier alpha value is -2.40. The van der Waals surface area contributed by atoms with Gasteiger partial charge >= 0.3 is 0 Å². The van der Waals surface area contributed by atoms with Crippen LogP contribution in [-0.4, -0.2) is 19.7 Å². The van der Waals surface area contributed by atoms with Crippen molar-refractivity contribution in [3.8, 4) is 11.3 Å². The molecule has 5 heteroatoms. The summed E-state index contributed by atoms with van der Waals surface area (Å²) in [5, 5.41) is 4.15. The Morgan fingerprint density at radius 3 is 2.75 bits per heavy atom. The molecular formula is C15H17N5. The highest BCUT2D eigenvalue weighted by Gasteiger charge is 2.12. The van der Waals surface area contributed by atoms with E-state index in [1.165, 1.54) is 5.56 Å². The van der Waals surface area contributed by atoms with Crippen molar-refractivity contribution in [1.82, 2.24) is 19.7 Å². The lowest BCUT2D eigenvalue weighted by molar-refractivity contribution is 0.678. The molecule has 0 saturated heterocycles. The summed E-state index contributed by atoms with van der Waals surface area (Å²) in [6.07, 6.45) is 6.32. The highest BCUT2D eigenvalue weighted by molar-refractivity contribution is 5.56. The van der Waals surface area contributed by atoms with Gasteiger partial charge in [-0.3, -0.25) is 4.68 Å². The number of hydrogen-bond donors (Lipinski definition) is 2. The maximum Gasteiger partial charge on any atom is 0.123 e. The molecule has 3 N–H and O–H groups in total. The van der Waals surface area contributed by atoms with Crippen LogP contribution < -0.4 is 5.73 Å². The van der Waals surface area contributed by atoms with Crippen molar-refractivity contribution in [2.24, 2.45) is 12.8 Å². The smallest absolute Gasteiger partial charge is 0.123 e. The van der Waals surface area contributed by atoms with E-state index in [0.29, 0.717) is 0 Å². The lowest BCUT2D eigenvalue weighted by Gasteiger charge is -2.08. The van der Waals surface area contributed by atoms with Gasteiger partial charge in [-0.2, -0.15) is 5.10 Å². The van der Waals surface area contributed by atoms with Gasteiger partial charge in [0.05, 0.1) is 24.1 Å². The van der Waals surface area contributed by atoms with Gasteiger partial charge in [0.15, 0.2) is 0 Å². The first-order valence-electron chi connectivity index (χ1n) is 6.56. The van der Waals surface area contributed by atoms with Crippen molar-refractivity contribution in [1.29, 1.82) is 0 Å². The number of hydrogen-bond acceptors (Lipinski definition) is 3. The van der Waals surface area contributed by atoms with Crippen LogP contribution in [0.1, 0.15) is 17.4 Å². The van der Waals surface area contributed by atoms with Gasteiger partial charge in [0, 0.05) is 18.8 Å². The summed E-state index contributed by atoms with van der Waals surface area (Å²) in [4.78, 5) is 7.65. The number of aryl methyl sites for hydroxylation is 1. The number of benzene rings is 1. The highest BCUT2D eigenvalue weighted by atomic mass is 15.2. The summed E-state index contributed by atoms with van der Waals surface area (Å²) in [6, 6.07) is 10.1. The molecule has 0 radical (unpaired) electrons. The summed E-state index contributed by atoms with van der Waals surface area (Å²) >= 11 is 0. The van der Waals surface area contributed by atoms with Crippen LogP contribution in [-0.2, 0) is 13.5 Å². The Balaban J connectivity index is 1.76. The second-order valence-corrected chi connectivity index (χ2v) is 4.88. The van der Waals surface area contributed by atoms with E-state index < -0.39 is 0 Å². The Kier molecular flexibility index (Phi) is 3.35. The van der Waals surface area contributed by atoms with Crippen molar-refractivity contribution >= 4 is 0 Å². The predicted octanol–water partition coefficient (Wildman–Crippen LogP) is 2.05. The molecule has 5 nitrogen and oxygen atoms in total. The summed E-state index contributed by atoms with van der Waals surface area (Å²) in [7, 11) is 1.89. The SMILES string of the molecule is Cn1cc(-c2cnc(C(N)Cc3ccccc3)[nH]2)cn1. The van der Waals surface area contributed by atoms with E-state index in [0.717, 1.165) is 23.5 Å². The Morgan fingerprint density at radius 2 is 2.05 bits per heavy atom. The van der Waals surface area contributed by atoms with Crippen LogP contribution in [0, 0.1) is 0 Å². The zero-order chi connectivity index (χ0) is 13.9. The average molecular weight is 267 g/mol. The van der Waals surface area contributed by atoms with E-state index in [4.69, 9.17) is 5.73 Å². The van der Waals surface area contributed by atoms with Crippen LogP contribution in [0.15, 0.2) is 48.9 Å². The van der Waals surface area contributed by atoms with Crippen molar-refractivity contribution in [2.75, 3.05) is 0 Å². The van der Waals surface area contributed by atoms with Crippen LogP contribution in [0.2, 0.25) is 0 Å². The molecule has 0 aliphatic heterocycles. The summed E-state index contributed by atoms with van der Waals surface area (Å²) in [5.41, 5.74) is 9.37. The maximum absolute atomic E-state index is 6.21. The first-order valence-corrected chi connectivity index (χ1v) is 6.56. The largest absolute Gasteiger partial charge is 0.341 e. The molecule has 0 amide bonds. The molecule has 2 heterocycles. The maximum atomic E-state index is 6.21. The third-order valence-electron chi connectivity index (χ3n) is 3.26. The van der Waals surface area contributed by atoms with Gasteiger partial charge in [-0.05, 0) is 12.0 Å². The van der Waals surface area contributed by atoms with Crippen LogP contribution >= 0.6 is 0 Å². The van der Waals surface area contributed by atoms with Crippen molar-refractivity contribution in [2.45, 2.75) is 12.5 Å². The molecule has 102 valence electrons. The normalized spacial score (nSPS) is 12.5. The van der Waals surface area contributed by atoms with Gasteiger partial charge in [0.1, 0.15) is 5.82 Å². The molecule has 3 aromatic rings. The molecule has 0 fully saturated rings. The number of aromatic nitrogens is 4. The number of aromatic amines is 1. The van der Waals surface area contributed by atoms with Crippen LogP contribution in [0.5, 0.6) is 0 Å². The minimum atomic E-state index is -0.136. The van der Waals surface area contributed by atoms with Gasteiger partial charge in [-0.25, -0.2) is 4.98 Å². The quantitative estimate of drug-likeness (QED) is 0.760. The van der Waals surface area contributed by atoms with Crippen molar-refractivity contribution in [3.63, 3.8) is 0 Å². The number of nitrogens with one attached hydrogen (secondary N) is 1. The number of H-pyrrole nitrogens is 1. The fourth-order valence-corrected chi connectivity index (χ4v) is 2.20. The number of nitrogens with zero attached hydrogens (tertiary/aromatic N) is 3. The van der Waals surface area contributed by atoms with Crippen molar-refractivity contribution in [3.05, 3.63) is 60.3 Å². The first kappa shape index (κ1) is 12.6. The molecule has 20 heavy (non-hydrogen) atoms. The second-order valence-electron chi connectivity index (χ2n) is 4.88. The average Bonchev–Trinajstić information content (AvgIpc) is 3.08. The summed E-state index contributed by atoms with van der Waals surface area (Å²) < 4.78 is 1.76. The third kappa shape index (κ3) is 2.62. The zero-order valence-electron chi connectivity index (χ0n) is 11.3. The molecule has 1 aromatic carbocycles. The molecule has 2 aromatic heterocycles. The lowest BCUT2D eigenvalue weighted by atomic mass is 10.1. The standard InChI is InChI=1S/C15H17N5/c1-20-10-12(8-18-20)14-9-17-15(19-14)13(16)7-11-5-3-2-4-6-11/h2-6,8-10,13H,7,16H2,1H3,(H,17,19). The number of nitrogens with two attached hydrogens (primary N) is 1. The third-order valence-corrected chi connectivity index (χ3v) is 3.26.